The minimum Gasteiger partial charge on any atom is -0.339 e. The Morgan fingerprint density at radius 1 is 1.29 bits per heavy atom. The lowest BCUT2D eigenvalue weighted by atomic mass is 9.82. The van der Waals surface area contributed by atoms with Gasteiger partial charge < -0.3 is 10.6 Å². The molecular formula is C17H24ClF3N2O. The molecule has 1 fully saturated rings. The van der Waals surface area contributed by atoms with Gasteiger partial charge in [-0.25, -0.2) is 0 Å². The highest BCUT2D eigenvalue weighted by Crippen LogP contribution is 2.35. The molecule has 0 aliphatic carbocycles. The summed E-state index contributed by atoms with van der Waals surface area (Å²) in [5.74, 6) is 0.103. The third-order valence-electron chi connectivity index (χ3n) is 4.70. The molecule has 1 heterocycles. The molecule has 0 saturated carbocycles. The molecular weight excluding hydrogens is 341 g/mol. The molecule has 2 N–H and O–H groups in total. The van der Waals surface area contributed by atoms with E-state index in [1.165, 1.54) is 6.07 Å². The van der Waals surface area contributed by atoms with Crippen molar-refractivity contribution < 1.29 is 18.0 Å². The summed E-state index contributed by atoms with van der Waals surface area (Å²) in [7, 11) is 0. The number of carbonyl (C=O) groups excluding carboxylic acids is 1. The van der Waals surface area contributed by atoms with E-state index in [0.717, 1.165) is 18.6 Å². The molecule has 1 saturated heterocycles. The SMILES string of the molecule is CC1CC(CN)CN1C(=O)C(C)(C)c1cccc(C(F)(F)F)c1.Cl. The summed E-state index contributed by atoms with van der Waals surface area (Å²) in [6, 6.07) is 5.07. The first-order chi connectivity index (χ1) is 10.6. The molecule has 0 bridgehead atoms. The monoisotopic (exact) mass is 364 g/mol. The zero-order valence-electron chi connectivity index (χ0n) is 14.1. The average Bonchev–Trinajstić information content (AvgIpc) is 2.86. The van der Waals surface area contributed by atoms with E-state index in [9.17, 15) is 18.0 Å². The van der Waals surface area contributed by atoms with E-state index in [1.54, 1.807) is 24.8 Å². The number of nitrogens with two attached hydrogens (primary N) is 1. The van der Waals surface area contributed by atoms with E-state index in [0.29, 0.717) is 18.7 Å². The Bertz CT molecular complexity index is 589. The maximum absolute atomic E-state index is 12.9. The zero-order chi connectivity index (χ0) is 17.4. The predicted octanol–water partition coefficient (Wildman–Crippen LogP) is 3.60. The van der Waals surface area contributed by atoms with Gasteiger partial charge >= 0.3 is 6.18 Å². The highest BCUT2D eigenvalue weighted by molar-refractivity contribution is 5.88. The number of hydrogen-bond acceptors (Lipinski definition) is 2. The Labute approximate surface area is 146 Å². The standard InChI is InChI=1S/C17H23F3N2O.ClH/c1-11-7-12(9-21)10-22(11)15(23)16(2,3)13-5-4-6-14(8-13)17(18,19)20;/h4-6,8,11-12H,7,9-10,21H2,1-3H3;1H. The van der Waals surface area contributed by atoms with Gasteiger partial charge in [0.05, 0.1) is 11.0 Å². The Hall–Kier alpha value is -1.27. The minimum absolute atomic E-state index is 0. The molecule has 0 aromatic heterocycles. The molecule has 1 aliphatic rings. The summed E-state index contributed by atoms with van der Waals surface area (Å²) in [4.78, 5) is 14.7. The summed E-state index contributed by atoms with van der Waals surface area (Å²) < 4.78 is 38.7. The largest absolute Gasteiger partial charge is 0.416 e. The van der Waals surface area contributed by atoms with Crippen molar-refractivity contribution in [1.29, 1.82) is 0 Å². The molecule has 7 heteroatoms. The summed E-state index contributed by atoms with van der Waals surface area (Å²) >= 11 is 0. The lowest BCUT2D eigenvalue weighted by molar-refractivity contribution is -0.139. The Morgan fingerprint density at radius 3 is 2.38 bits per heavy atom. The molecule has 2 unspecified atom stereocenters. The first-order valence-electron chi connectivity index (χ1n) is 7.76. The van der Waals surface area contributed by atoms with Crippen LogP contribution in [0.3, 0.4) is 0 Å². The average molecular weight is 365 g/mol. The molecule has 24 heavy (non-hydrogen) atoms. The number of alkyl halides is 3. The van der Waals surface area contributed by atoms with Crippen LogP contribution in [0.4, 0.5) is 13.2 Å². The van der Waals surface area contributed by atoms with Crippen molar-refractivity contribution in [2.45, 2.75) is 44.8 Å². The van der Waals surface area contributed by atoms with E-state index in [1.807, 2.05) is 6.92 Å². The van der Waals surface area contributed by atoms with Gasteiger partial charge in [-0.05, 0) is 51.3 Å². The van der Waals surface area contributed by atoms with Crippen LogP contribution in [0.5, 0.6) is 0 Å². The number of hydrogen-bond donors (Lipinski definition) is 1. The van der Waals surface area contributed by atoms with E-state index < -0.39 is 17.2 Å². The van der Waals surface area contributed by atoms with Crippen LogP contribution < -0.4 is 5.73 Å². The highest BCUT2D eigenvalue weighted by Gasteiger charge is 2.41. The molecule has 3 nitrogen and oxygen atoms in total. The molecule has 2 atom stereocenters. The molecule has 0 radical (unpaired) electrons. The fraction of sp³-hybridized carbons (Fsp3) is 0.588. The second-order valence-corrected chi connectivity index (χ2v) is 6.85. The van der Waals surface area contributed by atoms with Crippen molar-refractivity contribution in [3.8, 4) is 0 Å². The third-order valence-corrected chi connectivity index (χ3v) is 4.70. The van der Waals surface area contributed by atoms with Crippen LogP contribution in [0.1, 0.15) is 38.3 Å². The van der Waals surface area contributed by atoms with Gasteiger partial charge in [-0.3, -0.25) is 4.79 Å². The van der Waals surface area contributed by atoms with Gasteiger partial charge in [-0.2, -0.15) is 13.2 Å². The van der Waals surface area contributed by atoms with Crippen LogP contribution in [-0.2, 0) is 16.4 Å². The summed E-state index contributed by atoms with van der Waals surface area (Å²) in [5.41, 5.74) is 4.31. The fourth-order valence-electron chi connectivity index (χ4n) is 3.16. The topological polar surface area (TPSA) is 46.3 Å². The first-order valence-corrected chi connectivity index (χ1v) is 7.76. The second-order valence-electron chi connectivity index (χ2n) is 6.85. The molecule has 0 spiro atoms. The molecule has 2 rings (SSSR count). The van der Waals surface area contributed by atoms with Gasteiger partial charge in [-0.1, -0.05) is 18.2 Å². The van der Waals surface area contributed by atoms with Crippen molar-refractivity contribution in [1.82, 2.24) is 4.90 Å². The Morgan fingerprint density at radius 2 is 1.88 bits per heavy atom. The number of halogens is 4. The van der Waals surface area contributed by atoms with Crippen LogP contribution in [-0.4, -0.2) is 29.9 Å². The number of amides is 1. The van der Waals surface area contributed by atoms with Gasteiger partial charge in [0.15, 0.2) is 0 Å². The van der Waals surface area contributed by atoms with Gasteiger partial charge in [0.2, 0.25) is 5.91 Å². The number of likely N-dealkylation sites (tertiary alicyclic amines) is 1. The Balaban J connectivity index is 0.00000288. The second kappa shape index (κ2) is 7.31. The zero-order valence-corrected chi connectivity index (χ0v) is 14.9. The van der Waals surface area contributed by atoms with E-state index in [4.69, 9.17) is 5.73 Å². The first kappa shape index (κ1) is 20.8. The van der Waals surface area contributed by atoms with Crippen molar-refractivity contribution in [3.05, 3.63) is 35.4 Å². The minimum atomic E-state index is -4.42. The number of benzene rings is 1. The van der Waals surface area contributed by atoms with Crippen LogP contribution in [0.15, 0.2) is 24.3 Å². The van der Waals surface area contributed by atoms with Crippen molar-refractivity contribution >= 4 is 18.3 Å². The van der Waals surface area contributed by atoms with E-state index in [-0.39, 0.29) is 30.3 Å². The maximum atomic E-state index is 12.9. The summed E-state index contributed by atoms with van der Waals surface area (Å²) in [6.45, 7) is 6.38. The van der Waals surface area contributed by atoms with Gasteiger partial charge in [0.25, 0.3) is 0 Å². The van der Waals surface area contributed by atoms with Crippen molar-refractivity contribution in [2.75, 3.05) is 13.1 Å². The van der Waals surface area contributed by atoms with Gasteiger partial charge in [-0.15, -0.1) is 12.4 Å². The predicted molar refractivity (Wildman–Crippen MR) is 90.1 cm³/mol. The lowest BCUT2D eigenvalue weighted by Crippen LogP contribution is -2.45. The van der Waals surface area contributed by atoms with Crippen LogP contribution in [0, 0.1) is 5.92 Å². The maximum Gasteiger partial charge on any atom is 0.416 e. The van der Waals surface area contributed by atoms with Crippen LogP contribution in [0.25, 0.3) is 0 Å². The van der Waals surface area contributed by atoms with Gasteiger partial charge in [0, 0.05) is 12.6 Å². The van der Waals surface area contributed by atoms with Crippen molar-refractivity contribution in [2.24, 2.45) is 11.7 Å². The molecule has 1 amide bonds. The highest BCUT2D eigenvalue weighted by atomic mass is 35.5. The lowest BCUT2D eigenvalue weighted by Gasteiger charge is -2.32. The summed E-state index contributed by atoms with van der Waals surface area (Å²) in [5, 5.41) is 0. The molecule has 136 valence electrons. The Kier molecular flexibility index (Phi) is 6.33. The van der Waals surface area contributed by atoms with E-state index in [2.05, 4.69) is 0 Å². The summed E-state index contributed by atoms with van der Waals surface area (Å²) in [6.07, 6.45) is -3.58. The fourth-order valence-corrected chi connectivity index (χ4v) is 3.16. The number of rotatable bonds is 3. The third kappa shape index (κ3) is 4.03. The van der Waals surface area contributed by atoms with Gasteiger partial charge in [0.1, 0.15) is 0 Å². The van der Waals surface area contributed by atoms with Crippen LogP contribution >= 0.6 is 12.4 Å². The number of nitrogens with zero attached hydrogens (tertiary/aromatic N) is 1. The molecule has 1 aliphatic heterocycles. The smallest absolute Gasteiger partial charge is 0.339 e. The molecule has 1 aromatic rings. The quantitative estimate of drug-likeness (QED) is 0.890. The van der Waals surface area contributed by atoms with Crippen LogP contribution in [0.2, 0.25) is 0 Å². The van der Waals surface area contributed by atoms with E-state index >= 15 is 0 Å². The number of carbonyl (C=O) groups is 1. The normalized spacial score (nSPS) is 21.5. The molecule has 1 aromatic carbocycles. The van der Waals surface area contributed by atoms with Crippen molar-refractivity contribution in [3.63, 3.8) is 0 Å².